The maximum absolute atomic E-state index is 12.3. The van der Waals surface area contributed by atoms with Gasteiger partial charge in [-0.2, -0.15) is 0 Å². The number of rotatable bonds is 5. The molecular weight excluding hydrogens is 254 g/mol. The van der Waals surface area contributed by atoms with Gasteiger partial charge in [-0.1, -0.05) is 18.2 Å². The Morgan fingerprint density at radius 1 is 1.45 bits per heavy atom. The summed E-state index contributed by atoms with van der Waals surface area (Å²) in [5, 5.41) is 3.70. The van der Waals surface area contributed by atoms with Crippen LogP contribution in [0.1, 0.15) is 24.2 Å². The maximum Gasteiger partial charge on any atom is 0.252 e. The number of fused-ring (bicyclic) bond motifs is 1. The molecule has 0 saturated carbocycles. The second-order valence-corrected chi connectivity index (χ2v) is 4.65. The molecular formula is C15H19N3O2. The smallest absolute Gasteiger partial charge is 0.252 e. The Labute approximate surface area is 118 Å². The van der Waals surface area contributed by atoms with Crippen molar-refractivity contribution in [3.05, 3.63) is 35.9 Å². The first kappa shape index (κ1) is 14.3. The minimum Gasteiger partial charge on any atom is -0.384 e. The number of nitrogens with zero attached hydrogens (tertiary/aromatic N) is 1. The Kier molecular flexibility index (Phi) is 4.53. The molecule has 0 spiro atoms. The first-order valence-corrected chi connectivity index (χ1v) is 6.65. The molecule has 0 aliphatic rings. The Morgan fingerprint density at radius 2 is 2.20 bits per heavy atom. The van der Waals surface area contributed by atoms with Gasteiger partial charge in [-0.15, -0.1) is 0 Å². The first-order chi connectivity index (χ1) is 9.61. The molecule has 1 unspecified atom stereocenters. The van der Waals surface area contributed by atoms with Gasteiger partial charge in [0.15, 0.2) is 0 Å². The fraction of sp³-hybridized carbons (Fsp3) is 0.333. The molecule has 0 bridgehead atoms. The van der Waals surface area contributed by atoms with Crippen LogP contribution in [0.4, 0.5) is 5.82 Å². The number of hydrogen-bond donors (Lipinski definition) is 2. The van der Waals surface area contributed by atoms with Crippen LogP contribution in [0.15, 0.2) is 30.3 Å². The largest absolute Gasteiger partial charge is 0.384 e. The third-order valence-corrected chi connectivity index (χ3v) is 2.93. The van der Waals surface area contributed by atoms with Gasteiger partial charge >= 0.3 is 0 Å². The molecule has 5 nitrogen and oxygen atoms in total. The molecule has 20 heavy (non-hydrogen) atoms. The molecule has 2 rings (SSSR count). The zero-order chi connectivity index (χ0) is 14.5. The van der Waals surface area contributed by atoms with Crippen molar-refractivity contribution in [1.29, 1.82) is 0 Å². The van der Waals surface area contributed by atoms with E-state index in [1.165, 1.54) is 0 Å². The van der Waals surface area contributed by atoms with Crippen molar-refractivity contribution in [3.63, 3.8) is 0 Å². The minimum atomic E-state index is -0.164. The van der Waals surface area contributed by atoms with Crippen LogP contribution in [-0.2, 0) is 4.74 Å². The lowest BCUT2D eigenvalue weighted by molar-refractivity contribution is 0.0873. The van der Waals surface area contributed by atoms with Crippen molar-refractivity contribution in [2.75, 3.05) is 18.9 Å². The standard InChI is InChI=1S/C15H19N3O2/c1-3-20-9-10(2)17-15(19)12-8-14(16)18-13-7-5-4-6-11(12)13/h4-8,10H,3,9H2,1-2H3,(H2,16,18)(H,17,19). The number of pyridine rings is 1. The third-order valence-electron chi connectivity index (χ3n) is 2.93. The number of benzene rings is 1. The van der Waals surface area contributed by atoms with Crippen molar-refractivity contribution in [1.82, 2.24) is 10.3 Å². The van der Waals surface area contributed by atoms with Gasteiger partial charge in [0.2, 0.25) is 0 Å². The number of hydrogen-bond acceptors (Lipinski definition) is 4. The summed E-state index contributed by atoms with van der Waals surface area (Å²) in [6.07, 6.45) is 0. The van der Waals surface area contributed by atoms with Gasteiger partial charge in [-0.05, 0) is 26.0 Å². The van der Waals surface area contributed by atoms with Crippen molar-refractivity contribution in [3.8, 4) is 0 Å². The molecule has 3 N–H and O–H groups in total. The second-order valence-electron chi connectivity index (χ2n) is 4.65. The minimum absolute atomic E-state index is 0.0596. The molecule has 1 aromatic carbocycles. The summed E-state index contributed by atoms with van der Waals surface area (Å²) < 4.78 is 5.29. The van der Waals surface area contributed by atoms with Gasteiger partial charge in [0.25, 0.3) is 5.91 Å². The fourth-order valence-corrected chi connectivity index (χ4v) is 2.02. The van der Waals surface area contributed by atoms with Crippen molar-refractivity contribution < 1.29 is 9.53 Å². The zero-order valence-corrected chi connectivity index (χ0v) is 11.7. The number of nitrogens with one attached hydrogen (secondary N) is 1. The Bertz CT molecular complexity index is 613. The summed E-state index contributed by atoms with van der Waals surface area (Å²) >= 11 is 0. The summed E-state index contributed by atoms with van der Waals surface area (Å²) in [4.78, 5) is 16.6. The number of anilines is 1. The molecule has 106 valence electrons. The Balaban J connectivity index is 2.25. The molecule has 2 aromatic rings. The van der Waals surface area contributed by atoms with Crippen LogP contribution in [0.5, 0.6) is 0 Å². The van der Waals surface area contributed by atoms with Gasteiger partial charge in [0.1, 0.15) is 5.82 Å². The van der Waals surface area contributed by atoms with Gasteiger partial charge in [-0.25, -0.2) is 4.98 Å². The summed E-state index contributed by atoms with van der Waals surface area (Å²) in [5.74, 6) is 0.175. The predicted octanol–water partition coefficient (Wildman–Crippen LogP) is 1.97. The van der Waals surface area contributed by atoms with Crippen LogP contribution in [0, 0.1) is 0 Å². The van der Waals surface area contributed by atoms with E-state index in [9.17, 15) is 4.79 Å². The monoisotopic (exact) mass is 273 g/mol. The molecule has 5 heteroatoms. The van der Waals surface area contributed by atoms with Crippen LogP contribution in [0.25, 0.3) is 10.9 Å². The van der Waals surface area contributed by atoms with E-state index in [1.54, 1.807) is 6.07 Å². The highest BCUT2D eigenvalue weighted by atomic mass is 16.5. The van der Waals surface area contributed by atoms with Crippen LogP contribution in [0.2, 0.25) is 0 Å². The van der Waals surface area contributed by atoms with E-state index in [-0.39, 0.29) is 11.9 Å². The molecule has 0 fully saturated rings. The molecule has 0 aliphatic heterocycles. The second kappa shape index (κ2) is 6.34. The highest BCUT2D eigenvalue weighted by Crippen LogP contribution is 2.19. The van der Waals surface area contributed by atoms with Crippen LogP contribution in [-0.4, -0.2) is 30.1 Å². The van der Waals surface area contributed by atoms with E-state index in [4.69, 9.17) is 10.5 Å². The Hall–Kier alpha value is -2.14. The van der Waals surface area contributed by atoms with Crippen molar-refractivity contribution >= 4 is 22.6 Å². The quantitative estimate of drug-likeness (QED) is 0.873. The zero-order valence-electron chi connectivity index (χ0n) is 11.7. The highest BCUT2D eigenvalue weighted by molar-refractivity contribution is 6.06. The summed E-state index contributed by atoms with van der Waals surface area (Å²) in [7, 11) is 0. The number of aromatic nitrogens is 1. The highest BCUT2D eigenvalue weighted by Gasteiger charge is 2.14. The van der Waals surface area contributed by atoms with E-state index in [1.807, 2.05) is 38.1 Å². The van der Waals surface area contributed by atoms with E-state index in [2.05, 4.69) is 10.3 Å². The molecule has 1 heterocycles. The lowest BCUT2D eigenvalue weighted by Gasteiger charge is -2.14. The lowest BCUT2D eigenvalue weighted by atomic mass is 10.1. The summed E-state index contributed by atoms with van der Waals surface area (Å²) in [6.45, 7) is 4.94. The molecule has 0 radical (unpaired) electrons. The lowest BCUT2D eigenvalue weighted by Crippen LogP contribution is -2.36. The normalized spacial score (nSPS) is 12.3. The van der Waals surface area contributed by atoms with Gasteiger partial charge in [-0.3, -0.25) is 4.79 Å². The molecule has 1 amide bonds. The van der Waals surface area contributed by atoms with Gasteiger partial charge in [0, 0.05) is 18.0 Å². The van der Waals surface area contributed by atoms with E-state index in [0.29, 0.717) is 24.6 Å². The fourth-order valence-electron chi connectivity index (χ4n) is 2.02. The van der Waals surface area contributed by atoms with E-state index in [0.717, 1.165) is 10.9 Å². The van der Waals surface area contributed by atoms with Crippen molar-refractivity contribution in [2.24, 2.45) is 0 Å². The number of carbonyl (C=O) groups is 1. The van der Waals surface area contributed by atoms with E-state index < -0.39 is 0 Å². The summed E-state index contributed by atoms with van der Waals surface area (Å²) in [6, 6.07) is 8.99. The van der Waals surface area contributed by atoms with Crippen LogP contribution >= 0.6 is 0 Å². The third kappa shape index (κ3) is 3.24. The number of nitrogen functional groups attached to an aromatic ring is 1. The molecule has 0 aliphatic carbocycles. The molecule has 1 aromatic heterocycles. The molecule has 1 atom stereocenters. The van der Waals surface area contributed by atoms with Crippen LogP contribution < -0.4 is 11.1 Å². The number of nitrogens with two attached hydrogens (primary N) is 1. The van der Waals surface area contributed by atoms with Crippen LogP contribution in [0.3, 0.4) is 0 Å². The topological polar surface area (TPSA) is 77.2 Å². The first-order valence-electron chi connectivity index (χ1n) is 6.65. The number of amides is 1. The summed E-state index contributed by atoms with van der Waals surface area (Å²) in [5.41, 5.74) is 7.01. The van der Waals surface area contributed by atoms with Gasteiger partial charge in [0.05, 0.1) is 17.7 Å². The van der Waals surface area contributed by atoms with E-state index >= 15 is 0 Å². The maximum atomic E-state index is 12.3. The number of carbonyl (C=O) groups excluding carboxylic acids is 1. The Morgan fingerprint density at radius 3 is 2.95 bits per heavy atom. The SMILES string of the molecule is CCOCC(C)NC(=O)c1cc(N)nc2ccccc12. The number of ether oxygens (including phenoxy) is 1. The van der Waals surface area contributed by atoms with Gasteiger partial charge < -0.3 is 15.8 Å². The average molecular weight is 273 g/mol. The predicted molar refractivity (Wildman–Crippen MR) is 79.6 cm³/mol. The number of para-hydroxylation sites is 1. The molecule has 0 saturated heterocycles. The average Bonchev–Trinajstić information content (AvgIpc) is 2.44. The van der Waals surface area contributed by atoms with Crippen molar-refractivity contribution in [2.45, 2.75) is 19.9 Å².